The molecule has 4 aromatic rings. The highest BCUT2D eigenvalue weighted by Crippen LogP contribution is 2.24. The van der Waals surface area contributed by atoms with E-state index in [1.165, 1.54) is 47.6 Å². The van der Waals surface area contributed by atoms with Crippen molar-refractivity contribution in [3.63, 3.8) is 0 Å². The molecule has 7 nitrogen and oxygen atoms in total. The Bertz CT molecular complexity index is 1350. The van der Waals surface area contributed by atoms with Crippen molar-refractivity contribution in [3.05, 3.63) is 90.3 Å². The molecule has 0 amide bonds. The molecule has 0 aliphatic carbocycles. The first-order valence-electron chi connectivity index (χ1n) is 10.1. The second-order valence-corrected chi connectivity index (χ2v) is 7.29. The fourth-order valence-electron chi connectivity index (χ4n) is 3.05. The first-order valence-corrected chi connectivity index (χ1v) is 10.6. The molecule has 0 aliphatic heterocycles. The van der Waals surface area contributed by atoms with E-state index in [0.29, 0.717) is 22.6 Å². The first kappa shape index (κ1) is 24.7. The van der Waals surface area contributed by atoms with Crippen molar-refractivity contribution in [2.24, 2.45) is 5.10 Å². The molecule has 0 bridgehead atoms. The number of nitrogens with one attached hydrogen (secondary N) is 1. The molecule has 13 heteroatoms. The third-order valence-electron chi connectivity index (χ3n) is 4.66. The molecule has 0 saturated heterocycles. The number of hydrogen-bond acceptors (Lipinski definition) is 6. The number of benzene rings is 3. The number of hydrogen-bond donors (Lipinski definition) is 1. The largest absolute Gasteiger partial charge is 0.573 e. The van der Waals surface area contributed by atoms with Crippen LogP contribution in [0.1, 0.15) is 5.56 Å². The van der Waals surface area contributed by atoms with E-state index in [9.17, 15) is 22.0 Å². The average molecular weight is 518 g/mol. The Morgan fingerprint density at radius 3 is 2.25 bits per heavy atom. The lowest BCUT2D eigenvalue weighted by atomic mass is 10.1. The summed E-state index contributed by atoms with van der Waals surface area (Å²) < 4.78 is 70.1. The van der Waals surface area contributed by atoms with Crippen molar-refractivity contribution in [1.29, 1.82) is 0 Å². The van der Waals surface area contributed by atoms with Crippen LogP contribution in [0.15, 0.2) is 78.2 Å². The van der Waals surface area contributed by atoms with Gasteiger partial charge in [0.05, 0.1) is 17.4 Å². The lowest BCUT2D eigenvalue weighted by Gasteiger charge is -2.18. The van der Waals surface area contributed by atoms with Crippen LogP contribution < -0.4 is 15.3 Å². The highest BCUT2D eigenvalue weighted by Gasteiger charge is 2.31. The normalized spacial score (nSPS) is 11.5. The van der Waals surface area contributed by atoms with E-state index in [-0.39, 0.29) is 11.4 Å². The van der Waals surface area contributed by atoms with Gasteiger partial charge < -0.3 is 4.74 Å². The zero-order valence-corrected chi connectivity index (χ0v) is 18.8. The summed E-state index contributed by atoms with van der Waals surface area (Å²) in [4.78, 5) is 4.22. The number of hydrazone groups is 1. The minimum atomic E-state index is -4.77. The molecule has 1 aromatic heterocycles. The topological polar surface area (TPSA) is 67.6 Å². The van der Waals surface area contributed by atoms with E-state index in [1.807, 2.05) is 0 Å². The summed E-state index contributed by atoms with van der Waals surface area (Å²) in [5.74, 6) is -1.57. The summed E-state index contributed by atoms with van der Waals surface area (Å²) in [6, 6.07) is 15.5. The number of thiocarbonyl (C=S) groups is 1. The summed E-state index contributed by atoms with van der Waals surface area (Å²) in [5, 5.41) is 9.22. The number of anilines is 1. The van der Waals surface area contributed by atoms with Gasteiger partial charge >= 0.3 is 6.36 Å². The van der Waals surface area contributed by atoms with Gasteiger partial charge in [-0.05, 0) is 42.0 Å². The van der Waals surface area contributed by atoms with Crippen molar-refractivity contribution in [3.8, 4) is 22.8 Å². The summed E-state index contributed by atoms with van der Waals surface area (Å²) in [6.45, 7) is 0. The van der Waals surface area contributed by atoms with Crippen LogP contribution in [-0.2, 0) is 0 Å². The van der Waals surface area contributed by atoms with Crippen molar-refractivity contribution in [2.75, 3.05) is 5.01 Å². The van der Waals surface area contributed by atoms with Crippen LogP contribution in [0.25, 0.3) is 17.1 Å². The summed E-state index contributed by atoms with van der Waals surface area (Å²) in [7, 11) is 0. The zero-order valence-electron chi connectivity index (χ0n) is 18.0. The molecule has 3 aromatic carbocycles. The van der Waals surface area contributed by atoms with Crippen molar-refractivity contribution in [1.82, 2.24) is 20.3 Å². The van der Waals surface area contributed by atoms with Crippen LogP contribution in [0.2, 0.25) is 0 Å². The average Bonchev–Trinajstić information content (AvgIpc) is 3.33. The van der Waals surface area contributed by atoms with E-state index < -0.39 is 18.0 Å². The van der Waals surface area contributed by atoms with E-state index >= 15 is 0 Å². The predicted molar refractivity (Wildman–Crippen MR) is 127 cm³/mol. The van der Waals surface area contributed by atoms with Gasteiger partial charge in [-0.1, -0.05) is 42.5 Å². The molecule has 0 radical (unpaired) electrons. The molecule has 0 aliphatic rings. The molecule has 0 unspecified atom stereocenters. The van der Waals surface area contributed by atoms with E-state index in [4.69, 9.17) is 12.2 Å². The molecule has 0 atom stereocenters. The molecular weight excluding hydrogens is 503 g/mol. The Balaban J connectivity index is 1.41. The van der Waals surface area contributed by atoms with E-state index in [2.05, 4.69) is 25.5 Å². The smallest absolute Gasteiger partial charge is 0.406 e. The van der Waals surface area contributed by atoms with Crippen LogP contribution in [0.3, 0.4) is 0 Å². The number of aromatic nitrogens is 3. The number of hydrazine groups is 1. The van der Waals surface area contributed by atoms with Crippen LogP contribution in [0, 0.1) is 11.6 Å². The van der Waals surface area contributed by atoms with Crippen molar-refractivity contribution >= 4 is 29.6 Å². The molecule has 184 valence electrons. The Labute approximate surface area is 206 Å². The summed E-state index contributed by atoms with van der Waals surface area (Å²) >= 11 is 4.80. The lowest BCUT2D eigenvalue weighted by molar-refractivity contribution is -0.274. The van der Waals surface area contributed by atoms with Gasteiger partial charge in [-0.25, -0.2) is 29.0 Å². The summed E-state index contributed by atoms with van der Waals surface area (Å²) in [5.41, 5.74) is 4.91. The molecule has 0 fully saturated rings. The van der Waals surface area contributed by atoms with Crippen molar-refractivity contribution in [2.45, 2.75) is 6.36 Å². The van der Waals surface area contributed by atoms with Gasteiger partial charge in [-0.2, -0.15) is 5.10 Å². The maximum atomic E-state index is 13.9. The molecular formula is C23H15F5N6OS. The van der Waals surface area contributed by atoms with Gasteiger partial charge in [-0.3, -0.25) is 0 Å². The number of alkyl halides is 3. The number of nitrogens with zero attached hydrogens (tertiary/aromatic N) is 5. The standard InChI is InChI=1S/C23H15F5N6OS/c24-19-2-1-3-20(25)21(19)34(14-36)32-30-12-15-4-6-16(7-5-15)22-29-13-33(31-22)17-8-10-18(11-9-17)35-23(26,27)28/h1-14,32H/b30-12+. The van der Waals surface area contributed by atoms with Gasteiger partial charge in [0.15, 0.2) is 17.5 Å². The fourth-order valence-corrected chi connectivity index (χ4v) is 3.20. The maximum absolute atomic E-state index is 13.9. The van der Waals surface area contributed by atoms with Gasteiger partial charge in [0.25, 0.3) is 0 Å². The maximum Gasteiger partial charge on any atom is 0.573 e. The van der Waals surface area contributed by atoms with Gasteiger partial charge in [-0.15, -0.1) is 18.3 Å². The highest BCUT2D eigenvalue weighted by atomic mass is 32.1. The van der Waals surface area contributed by atoms with Crippen LogP contribution in [0.4, 0.5) is 27.6 Å². The molecule has 0 spiro atoms. The number of para-hydroxylation sites is 1. The number of halogens is 5. The van der Waals surface area contributed by atoms with Crippen LogP contribution >= 0.6 is 12.2 Å². The quantitative estimate of drug-likeness (QED) is 0.146. The molecule has 4 rings (SSSR count). The molecule has 36 heavy (non-hydrogen) atoms. The molecule has 0 saturated carbocycles. The van der Waals surface area contributed by atoms with Gasteiger partial charge in [0, 0.05) is 5.56 Å². The number of ether oxygens (including phenoxy) is 1. The number of rotatable bonds is 8. The van der Waals surface area contributed by atoms with Gasteiger partial charge in [0.1, 0.15) is 17.8 Å². The van der Waals surface area contributed by atoms with Gasteiger partial charge in [0.2, 0.25) is 0 Å². The summed E-state index contributed by atoms with van der Waals surface area (Å²) in [6.07, 6.45) is -1.92. The Morgan fingerprint density at radius 2 is 1.64 bits per heavy atom. The predicted octanol–water partition coefficient (Wildman–Crippen LogP) is 5.41. The Hall–Kier alpha value is -4.39. The lowest BCUT2D eigenvalue weighted by Crippen LogP contribution is -2.33. The van der Waals surface area contributed by atoms with Crippen LogP contribution in [0.5, 0.6) is 5.75 Å². The minimum Gasteiger partial charge on any atom is -0.406 e. The third-order valence-corrected chi connectivity index (χ3v) is 4.87. The van der Waals surface area contributed by atoms with E-state index in [0.717, 1.165) is 22.6 Å². The third kappa shape index (κ3) is 5.99. The molecule has 1 heterocycles. The minimum absolute atomic E-state index is 0.342. The van der Waals surface area contributed by atoms with Crippen molar-refractivity contribution < 1.29 is 26.7 Å². The Kier molecular flexibility index (Phi) is 7.20. The van der Waals surface area contributed by atoms with E-state index in [1.54, 1.807) is 24.3 Å². The highest BCUT2D eigenvalue weighted by molar-refractivity contribution is 7.79. The second kappa shape index (κ2) is 10.5. The first-order chi connectivity index (χ1) is 17.2. The SMILES string of the molecule is Fc1cccc(F)c1N(C=S)N/N=C/c1ccc(-c2ncn(-c3ccc(OC(F)(F)F)cc3)n2)cc1. The second-order valence-electron chi connectivity index (χ2n) is 7.08. The Morgan fingerprint density at radius 1 is 0.972 bits per heavy atom. The monoisotopic (exact) mass is 518 g/mol. The van der Waals surface area contributed by atoms with Crippen LogP contribution in [-0.4, -0.2) is 32.8 Å². The molecule has 1 N–H and O–H groups in total. The zero-order chi connectivity index (χ0) is 25.7. The fraction of sp³-hybridized carbons (Fsp3) is 0.0435.